The quantitative estimate of drug-likeness (QED) is 0.636. The SMILES string of the molecule is CCOC1(OCC)CC[C@@H](C(=O)SCC)[C@@H](/C=C/c2ccccc2)O1. The van der Waals surface area contributed by atoms with Crippen LogP contribution in [0.3, 0.4) is 0 Å². The fourth-order valence-electron chi connectivity index (χ4n) is 2.98. The van der Waals surface area contributed by atoms with Gasteiger partial charge in [0.1, 0.15) is 0 Å². The van der Waals surface area contributed by atoms with Crippen molar-refractivity contribution in [3.8, 4) is 0 Å². The van der Waals surface area contributed by atoms with Crippen molar-refractivity contribution in [3.05, 3.63) is 42.0 Å². The van der Waals surface area contributed by atoms with E-state index in [1.807, 2.05) is 63.3 Å². The Bertz CT molecular complexity index is 552. The van der Waals surface area contributed by atoms with E-state index in [2.05, 4.69) is 0 Å². The first-order valence-corrected chi connectivity index (χ1v) is 9.98. The van der Waals surface area contributed by atoms with Crippen molar-refractivity contribution in [2.75, 3.05) is 19.0 Å². The summed E-state index contributed by atoms with van der Waals surface area (Å²) in [6.07, 6.45) is 4.84. The zero-order chi connectivity index (χ0) is 18.1. The van der Waals surface area contributed by atoms with Gasteiger partial charge in [-0.3, -0.25) is 4.79 Å². The van der Waals surface area contributed by atoms with E-state index in [1.54, 1.807) is 0 Å². The van der Waals surface area contributed by atoms with Crippen LogP contribution < -0.4 is 0 Å². The van der Waals surface area contributed by atoms with Crippen molar-refractivity contribution in [2.45, 2.75) is 45.7 Å². The van der Waals surface area contributed by atoms with Crippen molar-refractivity contribution in [2.24, 2.45) is 5.92 Å². The van der Waals surface area contributed by atoms with E-state index in [1.165, 1.54) is 11.8 Å². The fraction of sp³-hybridized carbons (Fsp3) is 0.550. The molecule has 138 valence electrons. The first-order chi connectivity index (χ1) is 12.1. The van der Waals surface area contributed by atoms with Crippen LogP contribution in [0.1, 0.15) is 39.2 Å². The first kappa shape index (κ1) is 20.2. The molecular formula is C20H28O4S. The molecule has 0 radical (unpaired) electrons. The summed E-state index contributed by atoms with van der Waals surface area (Å²) in [4.78, 5) is 12.5. The lowest BCUT2D eigenvalue weighted by Crippen LogP contribution is -2.49. The number of rotatable bonds is 8. The number of carbonyl (C=O) groups is 1. The third-order valence-electron chi connectivity index (χ3n) is 4.07. The second kappa shape index (κ2) is 10.1. The van der Waals surface area contributed by atoms with Crippen LogP contribution in [0.4, 0.5) is 0 Å². The molecule has 2 rings (SSSR count). The molecule has 4 nitrogen and oxygen atoms in total. The molecule has 1 aliphatic heterocycles. The highest BCUT2D eigenvalue weighted by Gasteiger charge is 2.45. The van der Waals surface area contributed by atoms with Crippen LogP contribution in [0.2, 0.25) is 0 Å². The number of hydrogen-bond acceptors (Lipinski definition) is 5. The number of ether oxygens (including phenoxy) is 3. The lowest BCUT2D eigenvalue weighted by molar-refractivity contribution is -0.404. The van der Waals surface area contributed by atoms with Gasteiger partial charge in [-0.05, 0) is 31.6 Å². The number of benzene rings is 1. The zero-order valence-corrected chi connectivity index (χ0v) is 16.1. The summed E-state index contributed by atoms with van der Waals surface area (Å²) in [5, 5.41) is 0.173. The molecule has 5 heteroatoms. The highest BCUT2D eigenvalue weighted by molar-refractivity contribution is 8.13. The summed E-state index contributed by atoms with van der Waals surface area (Å²) in [6.45, 7) is 6.83. The van der Waals surface area contributed by atoms with E-state index >= 15 is 0 Å². The van der Waals surface area contributed by atoms with Crippen LogP contribution in [0, 0.1) is 5.92 Å². The van der Waals surface area contributed by atoms with Crippen molar-refractivity contribution >= 4 is 23.0 Å². The van der Waals surface area contributed by atoms with Crippen molar-refractivity contribution in [1.29, 1.82) is 0 Å². The predicted octanol–water partition coefficient (Wildman–Crippen LogP) is 4.50. The third kappa shape index (κ3) is 5.68. The lowest BCUT2D eigenvalue weighted by atomic mass is 9.93. The number of carbonyl (C=O) groups excluding carboxylic acids is 1. The maximum atomic E-state index is 12.5. The molecule has 0 unspecified atom stereocenters. The molecule has 0 bridgehead atoms. The van der Waals surface area contributed by atoms with Crippen molar-refractivity contribution in [3.63, 3.8) is 0 Å². The number of hydrogen-bond donors (Lipinski definition) is 0. The van der Waals surface area contributed by atoms with Gasteiger partial charge in [-0.25, -0.2) is 0 Å². The van der Waals surface area contributed by atoms with E-state index in [-0.39, 0.29) is 17.1 Å². The molecule has 1 heterocycles. The van der Waals surface area contributed by atoms with Gasteiger partial charge in [0.2, 0.25) is 0 Å². The Balaban J connectivity index is 2.21. The summed E-state index contributed by atoms with van der Waals surface area (Å²) in [5.41, 5.74) is 1.07. The molecule has 0 saturated carbocycles. The standard InChI is InChI=1S/C20H28O4S/c1-4-22-20(23-5-2)15-14-17(19(21)25-6-3)18(24-20)13-12-16-10-8-7-9-11-16/h7-13,17-18H,4-6,14-15H2,1-3H3/b13-12+/t17-,18-/m1/s1. The summed E-state index contributed by atoms with van der Waals surface area (Å²) in [7, 11) is 0. The minimum atomic E-state index is -1.05. The molecule has 2 atom stereocenters. The molecule has 25 heavy (non-hydrogen) atoms. The largest absolute Gasteiger partial charge is 0.328 e. The molecule has 1 aromatic rings. The fourth-order valence-corrected chi connectivity index (χ4v) is 3.73. The molecular weight excluding hydrogens is 336 g/mol. The molecule has 1 aromatic carbocycles. The van der Waals surface area contributed by atoms with Gasteiger partial charge in [-0.1, -0.05) is 61.2 Å². The topological polar surface area (TPSA) is 44.8 Å². The van der Waals surface area contributed by atoms with Gasteiger partial charge in [-0.15, -0.1) is 0 Å². The van der Waals surface area contributed by atoms with Crippen LogP contribution in [0.25, 0.3) is 6.08 Å². The summed E-state index contributed by atoms with van der Waals surface area (Å²) in [6, 6.07) is 10.0. The van der Waals surface area contributed by atoms with Gasteiger partial charge in [0.05, 0.1) is 12.0 Å². The maximum Gasteiger partial charge on any atom is 0.283 e. The van der Waals surface area contributed by atoms with Gasteiger partial charge in [-0.2, -0.15) is 0 Å². The van der Waals surface area contributed by atoms with Gasteiger partial charge in [0.15, 0.2) is 5.12 Å². The van der Waals surface area contributed by atoms with Gasteiger partial charge < -0.3 is 14.2 Å². The normalized spacial score (nSPS) is 23.0. The van der Waals surface area contributed by atoms with E-state index in [9.17, 15) is 4.79 Å². The minimum absolute atomic E-state index is 0.173. The zero-order valence-electron chi connectivity index (χ0n) is 15.3. The average molecular weight is 365 g/mol. The second-order valence-corrected chi connectivity index (χ2v) is 7.07. The molecule has 0 amide bonds. The maximum absolute atomic E-state index is 12.5. The molecule has 1 aliphatic rings. The third-order valence-corrected chi connectivity index (χ3v) is 4.95. The van der Waals surface area contributed by atoms with E-state index in [4.69, 9.17) is 14.2 Å². The average Bonchev–Trinajstić information content (AvgIpc) is 2.61. The minimum Gasteiger partial charge on any atom is -0.328 e. The summed E-state index contributed by atoms with van der Waals surface area (Å²) < 4.78 is 17.8. The van der Waals surface area contributed by atoms with Gasteiger partial charge >= 0.3 is 0 Å². The van der Waals surface area contributed by atoms with Crippen molar-refractivity contribution < 1.29 is 19.0 Å². The molecule has 0 aromatic heterocycles. The molecule has 1 fully saturated rings. The van der Waals surface area contributed by atoms with E-state index in [0.717, 1.165) is 11.3 Å². The molecule has 0 N–H and O–H groups in total. The second-order valence-electron chi connectivity index (χ2n) is 5.80. The Morgan fingerprint density at radius 2 is 1.92 bits per heavy atom. The Morgan fingerprint density at radius 1 is 1.24 bits per heavy atom. The predicted molar refractivity (Wildman–Crippen MR) is 102 cm³/mol. The van der Waals surface area contributed by atoms with Crippen LogP contribution in [-0.4, -0.2) is 36.2 Å². The van der Waals surface area contributed by atoms with E-state index in [0.29, 0.717) is 26.1 Å². The Kier molecular flexibility index (Phi) is 8.16. The Morgan fingerprint density at radius 3 is 2.52 bits per heavy atom. The van der Waals surface area contributed by atoms with E-state index < -0.39 is 5.97 Å². The van der Waals surface area contributed by atoms with Crippen LogP contribution in [0.5, 0.6) is 0 Å². The van der Waals surface area contributed by atoms with Gasteiger partial charge in [0, 0.05) is 19.6 Å². The first-order valence-electron chi connectivity index (χ1n) is 8.99. The molecule has 0 aliphatic carbocycles. The van der Waals surface area contributed by atoms with Crippen molar-refractivity contribution in [1.82, 2.24) is 0 Å². The highest BCUT2D eigenvalue weighted by atomic mass is 32.2. The van der Waals surface area contributed by atoms with Crippen LogP contribution in [-0.2, 0) is 19.0 Å². The Hall–Kier alpha value is -1.14. The molecule has 1 saturated heterocycles. The van der Waals surface area contributed by atoms with Gasteiger partial charge in [0.25, 0.3) is 5.97 Å². The smallest absolute Gasteiger partial charge is 0.283 e. The van der Waals surface area contributed by atoms with Crippen LogP contribution >= 0.6 is 11.8 Å². The monoisotopic (exact) mass is 364 g/mol. The summed E-state index contributed by atoms with van der Waals surface area (Å²) >= 11 is 1.36. The Labute approximate surface area is 154 Å². The molecule has 0 spiro atoms. The number of thioether (sulfide) groups is 1. The van der Waals surface area contributed by atoms with Crippen LogP contribution in [0.15, 0.2) is 36.4 Å². The lowest BCUT2D eigenvalue weighted by Gasteiger charge is -2.42. The highest BCUT2D eigenvalue weighted by Crippen LogP contribution is 2.37. The summed E-state index contributed by atoms with van der Waals surface area (Å²) in [5.74, 6) is -0.464.